The maximum absolute atomic E-state index is 11.6. The summed E-state index contributed by atoms with van der Waals surface area (Å²) in [6.07, 6.45) is -0.738. The van der Waals surface area contributed by atoms with Gasteiger partial charge in [0.25, 0.3) is 0 Å². The van der Waals surface area contributed by atoms with Gasteiger partial charge in [0.15, 0.2) is 0 Å². The van der Waals surface area contributed by atoms with E-state index in [1.807, 2.05) is 0 Å². The number of carbonyl (C=O) groups excluding carboxylic acids is 1. The minimum absolute atomic E-state index is 0.0505. The van der Waals surface area contributed by atoms with Crippen molar-refractivity contribution in [2.45, 2.75) is 38.8 Å². The molecule has 0 bridgehead atoms. The van der Waals surface area contributed by atoms with E-state index in [9.17, 15) is 14.7 Å². The molecule has 0 saturated heterocycles. The molecule has 7 heteroatoms. The van der Waals surface area contributed by atoms with Crippen LogP contribution in [0.2, 0.25) is 10.0 Å². The molecule has 0 aromatic heterocycles. The van der Waals surface area contributed by atoms with E-state index in [2.05, 4.69) is 5.32 Å². The summed E-state index contributed by atoms with van der Waals surface area (Å²) >= 11 is 11.7. The Kier molecular flexibility index (Phi) is 5.87. The number of halogens is 2. The van der Waals surface area contributed by atoms with Gasteiger partial charge in [0, 0.05) is 16.5 Å². The third-order valence-corrected chi connectivity index (χ3v) is 2.79. The number of alkyl carbamates (subject to hydrolysis) is 1. The van der Waals surface area contributed by atoms with E-state index in [0.29, 0.717) is 15.6 Å². The number of carboxylic acid groups (broad SMARTS) is 1. The van der Waals surface area contributed by atoms with Crippen LogP contribution in [0.1, 0.15) is 26.3 Å². The Morgan fingerprint density at radius 3 is 2.19 bits per heavy atom. The molecule has 0 radical (unpaired) electrons. The fraction of sp³-hybridized carbons (Fsp3) is 0.429. The van der Waals surface area contributed by atoms with Crippen molar-refractivity contribution in [1.29, 1.82) is 0 Å². The van der Waals surface area contributed by atoms with Crippen LogP contribution < -0.4 is 5.32 Å². The molecule has 1 atom stereocenters. The van der Waals surface area contributed by atoms with E-state index in [1.54, 1.807) is 39.0 Å². The van der Waals surface area contributed by atoms with Crippen molar-refractivity contribution in [3.63, 3.8) is 0 Å². The number of carbonyl (C=O) groups is 2. The number of amides is 1. The number of carboxylic acids is 1. The van der Waals surface area contributed by atoms with Gasteiger partial charge < -0.3 is 15.2 Å². The van der Waals surface area contributed by atoms with Gasteiger partial charge in [-0.05, 0) is 44.5 Å². The topological polar surface area (TPSA) is 75.6 Å². The maximum atomic E-state index is 11.6. The lowest BCUT2D eigenvalue weighted by atomic mass is 10.1. The normalized spacial score (nSPS) is 12.6. The second-order valence-electron chi connectivity index (χ2n) is 5.52. The van der Waals surface area contributed by atoms with Gasteiger partial charge in [0.05, 0.1) is 0 Å². The van der Waals surface area contributed by atoms with E-state index in [4.69, 9.17) is 27.9 Å². The van der Waals surface area contributed by atoms with Gasteiger partial charge in [-0.2, -0.15) is 0 Å². The molecule has 0 saturated carbocycles. The van der Waals surface area contributed by atoms with Crippen LogP contribution >= 0.6 is 23.2 Å². The van der Waals surface area contributed by atoms with Crippen LogP contribution in [0.25, 0.3) is 0 Å². The van der Waals surface area contributed by atoms with E-state index in [-0.39, 0.29) is 6.42 Å². The zero-order chi connectivity index (χ0) is 16.2. The largest absolute Gasteiger partial charge is 0.480 e. The molecule has 0 unspecified atom stereocenters. The SMILES string of the molecule is CC(C)(C)OC(=O)N[C@@H](Cc1cc(Cl)cc(Cl)c1)C(=O)O. The Hall–Kier alpha value is -1.46. The van der Waals surface area contributed by atoms with Gasteiger partial charge in [-0.15, -0.1) is 0 Å². The molecule has 0 heterocycles. The summed E-state index contributed by atoms with van der Waals surface area (Å²) in [5, 5.41) is 12.3. The van der Waals surface area contributed by atoms with Gasteiger partial charge in [-0.25, -0.2) is 9.59 Å². The van der Waals surface area contributed by atoms with Crippen LogP contribution in [0.3, 0.4) is 0 Å². The molecular weight excluding hydrogens is 317 g/mol. The summed E-state index contributed by atoms with van der Waals surface area (Å²) in [5.74, 6) is -1.17. The van der Waals surface area contributed by atoms with Crippen LogP contribution in [0.5, 0.6) is 0 Å². The Morgan fingerprint density at radius 2 is 1.76 bits per heavy atom. The summed E-state index contributed by atoms with van der Waals surface area (Å²) < 4.78 is 5.04. The average Bonchev–Trinajstić information content (AvgIpc) is 2.23. The zero-order valence-electron chi connectivity index (χ0n) is 11.9. The van der Waals surface area contributed by atoms with Crippen molar-refractivity contribution in [3.8, 4) is 0 Å². The molecule has 1 aromatic carbocycles. The molecule has 0 spiro atoms. The molecule has 0 aliphatic heterocycles. The van der Waals surface area contributed by atoms with Crippen molar-refractivity contribution in [2.24, 2.45) is 0 Å². The lowest BCUT2D eigenvalue weighted by molar-refractivity contribution is -0.139. The molecule has 1 amide bonds. The third-order valence-electron chi connectivity index (χ3n) is 2.35. The molecule has 1 aromatic rings. The quantitative estimate of drug-likeness (QED) is 0.883. The molecule has 0 fully saturated rings. The van der Waals surface area contributed by atoms with Gasteiger partial charge in [0.2, 0.25) is 0 Å². The first-order chi connectivity index (χ1) is 9.56. The van der Waals surface area contributed by atoms with Crippen molar-refractivity contribution in [3.05, 3.63) is 33.8 Å². The van der Waals surface area contributed by atoms with Crippen LogP contribution in [-0.4, -0.2) is 28.8 Å². The van der Waals surface area contributed by atoms with Crippen LogP contribution in [0.15, 0.2) is 18.2 Å². The lowest BCUT2D eigenvalue weighted by Crippen LogP contribution is -2.44. The minimum Gasteiger partial charge on any atom is -0.480 e. The van der Waals surface area contributed by atoms with Gasteiger partial charge in [-0.3, -0.25) is 0 Å². The Balaban J connectivity index is 2.78. The van der Waals surface area contributed by atoms with Gasteiger partial charge in [0.1, 0.15) is 11.6 Å². The molecule has 0 aliphatic carbocycles. The van der Waals surface area contributed by atoms with Crippen LogP contribution in [0, 0.1) is 0 Å². The summed E-state index contributed by atoms with van der Waals surface area (Å²) in [7, 11) is 0. The first-order valence-corrected chi connectivity index (χ1v) is 7.00. The second-order valence-corrected chi connectivity index (χ2v) is 6.39. The van der Waals surface area contributed by atoms with Gasteiger partial charge in [-0.1, -0.05) is 23.2 Å². The monoisotopic (exact) mass is 333 g/mol. The smallest absolute Gasteiger partial charge is 0.408 e. The number of rotatable bonds is 4. The van der Waals surface area contributed by atoms with Crippen LogP contribution in [0.4, 0.5) is 4.79 Å². The molecular formula is C14H17Cl2NO4. The van der Waals surface area contributed by atoms with Crippen molar-refractivity contribution in [1.82, 2.24) is 5.32 Å². The maximum Gasteiger partial charge on any atom is 0.408 e. The highest BCUT2D eigenvalue weighted by molar-refractivity contribution is 6.34. The predicted octanol–water partition coefficient (Wildman–Crippen LogP) is 3.51. The average molecular weight is 334 g/mol. The molecule has 2 N–H and O–H groups in total. The van der Waals surface area contributed by atoms with E-state index in [0.717, 1.165) is 0 Å². The summed E-state index contributed by atoms with van der Waals surface area (Å²) in [4.78, 5) is 22.9. The molecule has 116 valence electrons. The fourth-order valence-corrected chi connectivity index (χ4v) is 2.19. The van der Waals surface area contributed by atoms with Crippen molar-refractivity contribution >= 4 is 35.3 Å². The van der Waals surface area contributed by atoms with E-state index in [1.165, 1.54) is 0 Å². The number of hydrogen-bond donors (Lipinski definition) is 2. The second kappa shape index (κ2) is 7.00. The summed E-state index contributed by atoms with van der Waals surface area (Å²) in [6.45, 7) is 5.08. The Morgan fingerprint density at radius 1 is 1.24 bits per heavy atom. The summed E-state index contributed by atoms with van der Waals surface area (Å²) in [6, 6.07) is 3.61. The van der Waals surface area contributed by atoms with E-state index < -0.39 is 23.7 Å². The van der Waals surface area contributed by atoms with Crippen LogP contribution in [-0.2, 0) is 16.0 Å². The highest BCUT2D eigenvalue weighted by Crippen LogP contribution is 2.20. The number of ether oxygens (including phenoxy) is 1. The molecule has 5 nitrogen and oxygen atoms in total. The molecule has 1 rings (SSSR count). The number of benzene rings is 1. The number of hydrogen-bond acceptors (Lipinski definition) is 3. The number of nitrogens with one attached hydrogen (secondary N) is 1. The lowest BCUT2D eigenvalue weighted by Gasteiger charge is -2.22. The highest BCUT2D eigenvalue weighted by Gasteiger charge is 2.24. The first kappa shape index (κ1) is 17.6. The Labute approximate surface area is 133 Å². The Bertz CT molecular complexity index is 520. The van der Waals surface area contributed by atoms with Crippen molar-refractivity contribution in [2.75, 3.05) is 0 Å². The summed E-state index contributed by atoms with van der Waals surface area (Å²) in [5.41, 5.74) is -0.0945. The standard InChI is InChI=1S/C14H17Cl2NO4/c1-14(2,3)21-13(20)17-11(12(18)19)6-8-4-9(15)7-10(16)5-8/h4-5,7,11H,6H2,1-3H3,(H,17,20)(H,18,19)/t11-/m0/s1. The predicted molar refractivity (Wildman–Crippen MR) is 81.0 cm³/mol. The highest BCUT2D eigenvalue weighted by atomic mass is 35.5. The molecule has 0 aliphatic rings. The number of aliphatic carboxylic acids is 1. The molecule has 21 heavy (non-hydrogen) atoms. The van der Waals surface area contributed by atoms with E-state index >= 15 is 0 Å². The third kappa shape index (κ3) is 6.69. The van der Waals surface area contributed by atoms with Gasteiger partial charge >= 0.3 is 12.1 Å². The minimum atomic E-state index is -1.17. The zero-order valence-corrected chi connectivity index (χ0v) is 13.5. The van der Waals surface area contributed by atoms with Crippen molar-refractivity contribution < 1.29 is 19.4 Å². The first-order valence-electron chi connectivity index (χ1n) is 6.24. The fourth-order valence-electron chi connectivity index (χ4n) is 1.61.